The molecule has 0 radical (unpaired) electrons. The Morgan fingerprint density at radius 1 is 1.44 bits per heavy atom. The van der Waals surface area contributed by atoms with Gasteiger partial charge < -0.3 is 4.90 Å². The van der Waals surface area contributed by atoms with Gasteiger partial charge in [0.1, 0.15) is 17.6 Å². The number of aromatic nitrogens is 1. The van der Waals surface area contributed by atoms with E-state index in [9.17, 15) is 0 Å². The third-order valence-corrected chi connectivity index (χ3v) is 3.07. The molecular formula is C13H17N3. The molecule has 2 heterocycles. The minimum absolute atomic E-state index is 0.350. The molecule has 1 aromatic heterocycles. The number of hydrogen-bond donors (Lipinski definition) is 0. The molecule has 3 nitrogen and oxygen atoms in total. The highest BCUT2D eigenvalue weighted by Gasteiger charge is 2.26. The van der Waals surface area contributed by atoms with E-state index in [1.54, 1.807) is 6.07 Å². The van der Waals surface area contributed by atoms with Crippen molar-refractivity contribution in [3.8, 4) is 6.07 Å². The Morgan fingerprint density at radius 3 is 2.94 bits per heavy atom. The average molecular weight is 215 g/mol. The summed E-state index contributed by atoms with van der Waals surface area (Å²) in [5, 5.41) is 8.83. The van der Waals surface area contributed by atoms with E-state index in [0.29, 0.717) is 11.1 Å². The fraction of sp³-hybridized carbons (Fsp3) is 0.538. The van der Waals surface area contributed by atoms with Crippen molar-refractivity contribution >= 4 is 5.82 Å². The Kier molecular flexibility index (Phi) is 2.82. The standard InChI is InChI=1S/C13H17N3/c1-13(2)7-4-8-16(10-13)12-6-3-5-11(9-14)15-12/h3,5-6H,4,7-8,10H2,1-2H3. The zero-order valence-corrected chi connectivity index (χ0v) is 9.90. The zero-order valence-electron chi connectivity index (χ0n) is 9.90. The normalized spacial score (nSPS) is 19.2. The molecule has 1 aliphatic heterocycles. The van der Waals surface area contributed by atoms with Crippen molar-refractivity contribution < 1.29 is 0 Å². The summed E-state index contributed by atoms with van der Waals surface area (Å²) in [5.74, 6) is 0.937. The van der Waals surface area contributed by atoms with Gasteiger partial charge in [-0.15, -0.1) is 0 Å². The lowest BCUT2D eigenvalue weighted by atomic mass is 9.84. The molecule has 0 amide bonds. The van der Waals surface area contributed by atoms with Gasteiger partial charge in [-0.25, -0.2) is 4.98 Å². The molecule has 0 aromatic carbocycles. The molecule has 0 N–H and O–H groups in total. The van der Waals surface area contributed by atoms with Crippen LogP contribution in [0, 0.1) is 16.7 Å². The first kappa shape index (κ1) is 10.9. The molecular weight excluding hydrogens is 198 g/mol. The molecule has 16 heavy (non-hydrogen) atoms. The van der Waals surface area contributed by atoms with Gasteiger partial charge >= 0.3 is 0 Å². The number of piperidine rings is 1. The van der Waals surface area contributed by atoms with Crippen molar-refractivity contribution in [3.63, 3.8) is 0 Å². The van der Waals surface area contributed by atoms with E-state index in [4.69, 9.17) is 5.26 Å². The SMILES string of the molecule is CC1(C)CCCN(c2cccc(C#N)n2)C1. The molecule has 1 aromatic rings. The Morgan fingerprint density at radius 2 is 2.25 bits per heavy atom. The predicted octanol–water partition coefficient (Wildman–Crippen LogP) is 2.58. The molecule has 1 fully saturated rings. The second-order valence-corrected chi connectivity index (χ2v) is 5.18. The molecule has 2 rings (SSSR count). The van der Waals surface area contributed by atoms with Crippen LogP contribution in [0.3, 0.4) is 0 Å². The van der Waals surface area contributed by atoms with Crippen molar-refractivity contribution in [2.24, 2.45) is 5.41 Å². The highest BCUT2D eigenvalue weighted by Crippen LogP contribution is 2.30. The fourth-order valence-corrected chi connectivity index (χ4v) is 2.28. The summed E-state index contributed by atoms with van der Waals surface area (Å²) in [4.78, 5) is 6.63. The van der Waals surface area contributed by atoms with Crippen molar-refractivity contribution in [2.45, 2.75) is 26.7 Å². The minimum atomic E-state index is 0.350. The summed E-state index contributed by atoms with van der Waals surface area (Å²) in [6, 6.07) is 7.73. The van der Waals surface area contributed by atoms with Gasteiger partial charge in [0.15, 0.2) is 0 Å². The van der Waals surface area contributed by atoms with Gasteiger partial charge in [-0.1, -0.05) is 19.9 Å². The first-order valence-electron chi connectivity index (χ1n) is 5.73. The Hall–Kier alpha value is -1.56. The Bertz CT molecular complexity index is 417. The Labute approximate surface area is 96.7 Å². The smallest absolute Gasteiger partial charge is 0.142 e. The van der Waals surface area contributed by atoms with E-state index in [1.807, 2.05) is 12.1 Å². The number of pyridine rings is 1. The van der Waals surface area contributed by atoms with Gasteiger partial charge in [-0.3, -0.25) is 0 Å². The molecule has 0 atom stereocenters. The lowest BCUT2D eigenvalue weighted by Gasteiger charge is -2.38. The van der Waals surface area contributed by atoms with Gasteiger partial charge in [0.25, 0.3) is 0 Å². The predicted molar refractivity (Wildman–Crippen MR) is 64.2 cm³/mol. The highest BCUT2D eigenvalue weighted by molar-refractivity contribution is 5.42. The zero-order chi connectivity index (χ0) is 11.6. The molecule has 1 aliphatic rings. The first-order valence-corrected chi connectivity index (χ1v) is 5.73. The van der Waals surface area contributed by atoms with Crippen LogP contribution in [0.15, 0.2) is 18.2 Å². The maximum absolute atomic E-state index is 8.83. The van der Waals surface area contributed by atoms with E-state index >= 15 is 0 Å². The number of hydrogen-bond acceptors (Lipinski definition) is 3. The summed E-state index contributed by atoms with van der Waals surface area (Å²) in [5.41, 5.74) is 0.851. The average Bonchev–Trinajstić information content (AvgIpc) is 2.28. The van der Waals surface area contributed by atoms with E-state index in [0.717, 1.165) is 18.9 Å². The van der Waals surface area contributed by atoms with E-state index in [2.05, 4.69) is 29.8 Å². The third-order valence-electron chi connectivity index (χ3n) is 3.07. The van der Waals surface area contributed by atoms with Crippen LogP contribution < -0.4 is 4.90 Å². The lowest BCUT2D eigenvalue weighted by molar-refractivity contribution is 0.292. The maximum atomic E-state index is 8.83. The molecule has 0 unspecified atom stereocenters. The van der Waals surface area contributed by atoms with Crippen LogP contribution in [0.25, 0.3) is 0 Å². The molecule has 0 spiro atoms. The molecule has 0 aliphatic carbocycles. The minimum Gasteiger partial charge on any atom is -0.356 e. The van der Waals surface area contributed by atoms with Crippen molar-refractivity contribution in [1.29, 1.82) is 5.26 Å². The van der Waals surface area contributed by atoms with E-state index < -0.39 is 0 Å². The quantitative estimate of drug-likeness (QED) is 0.723. The van der Waals surface area contributed by atoms with Gasteiger partial charge in [-0.05, 0) is 30.4 Å². The van der Waals surface area contributed by atoms with Crippen molar-refractivity contribution in [1.82, 2.24) is 4.98 Å². The van der Waals surface area contributed by atoms with Gasteiger partial charge in [0, 0.05) is 13.1 Å². The topological polar surface area (TPSA) is 39.9 Å². The van der Waals surface area contributed by atoms with Crippen LogP contribution in [0.5, 0.6) is 0 Å². The number of nitrogens with zero attached hydrogens (tertiary/aromatic N) is 3. The fourth-order valence-electron chi connectivity index (χ4n) is 2.28. The number of anilines is 1. The summed E-state index contributed by atoms with van der Waals surface area (Å²) in [7, 11) is 0. The van der Waals surface area contributed by atoms with Crippen LogP contribution in [0.4, 0.5) is 5.82 Å². The molecule has 84 valence electrons. The monoisotopic (exact) mass is 215 g/mol. The van der Waals surface area contributed by atoms with Gasteiger partial charge in [-0.2, -0.15) is 5.26 Å². The Balaban J connectivity index is 2.21. The van der Waals surface area contributed by atoms with Crippen LogP contribution >= 0.6 is 0 Å². The van der Waals surface area contributed by atoms with E-state index in [1.165, 1.54) is 12.8 Å². The molecule has 0 bridgehead atoms. The second-order valence-electron chi connectivity index (χ2n) is 5.18. The first-order chi connectivity index (χ1) is 7.61. The van der Waals surface area contributed by atoms with E-state index in [-0.39, 0.29) is 0 Å². The van der Waals surface area contributed by atoms with Gasteiger partial charge in [0.05, 0.1) is 0 Å². The molecule has 0 saturated carbocycles. The number of rotatable bonds is 1. The summed E-state index contributed by atoms with van der Waals surface area (Å²) in [6.45, 7) is 6.64. The largest absolute Gasteiger partial charge is 0.356 e. The second kappa shape index (κ2) is 4.13. The van der Waals surface area contributed by atoms with Crippen LogP contribution in [0.2, 0.25) is 0 Å². The van der Waals surface area contributed by atoms with Crippen molar-refractivity contribution in [2.75, 3.05) is 18.0 Å². The van der Waals surface area contributed by atoms with Crippen LogP contribution in [-0.2, 0) is 0 Å². The molecule has 1 saturated heterocycles. The van der Waals surface area contributed by atoms with Crippen LogP contribution in [0.1, 0.15) is 32.4 Å². The summed E-state index contributed by atoms with van der Waals surface area (Å²) in [6.07, 6.45) is 2.47. The maximum Gasteiger partial charge on any atom is 0.142 e. The highest BCUT2D eigenvalue weighted by atomic mass is 15.2. The summed E-state index contributed by atoms with van der Waals surface area (Å²) >= 11 is 0. The number of nitriles is 1. The summed E-state index contributed by atoms with van der Waals surface area (Å²) < 4.78 is 0. The van der Waals surface area contributed by atoms with Crippen molar-refractivity contribution in [3.05, 3.63) is 23.9 Å². The van der Waals surface area contributed by atoms with Crippen LogP contribution in [-0.4, -0.2) is 18.1 Å². The lowest BCUT2D eigenvalue weighted by Crippen LogP contribution is -2.40. The third kappa shape index (κ3) is 2.33. The molecule has 3 heteroatoms. The van der Waals surface area contributed by atoms with Gasteiger partial charge in [0.2, 0.25) is 0 Å².